The highest BCUT2D eigenvalue weighted by molar-refractivity contribution is 5.75. The van der Waals surface area contributed by atoms with Gasteiger partial charge in [0.15, 0.2) is 0 Å². The summed E-state index contributed by atoms with van der Waals surface area (Å²) in [4.78, 5) is 33.0. The number of anilines is 3. The zero-order chi connectivity index (χ0) is 24.1. The van der Waals surface area contributed by atoms with E-state index < -0.39 is 24.5 Å². The smallest absolute Gasteiger partial charge is 0.317 e. The van der Waals surface area contributed by atoms with E-state index in [9.17, 15) is 18.7 Å². The monoisotopic (exact) mass is 479 g/mol. The number of nitrogens with zero attached hydrogens (tertiary/aromatic N) is 6. The molecule has 2 amide bonds. The number of likely N-dealkylation sites (tertiary alicyclic amines) is 1. The van der Waals surface area contributed by atoms with Gasteiger partial charge in [0.2, 0.25) is 11.9 Å². The fraction of sp³-hybridized carbons (Fsp3) is 0.550. The first-order chi connectivity index (χ1) is 16.4. The topological polar surface area (TPSA) is 155 Å². The molecule has 0 spiro atoms. The first-order valence-corrected chi connectivity index (χ1v) is 10.9. The molecule has 1 atom stereocenters. The van der Waals surface area contributed by atoms with Gasteiger partial charge < -0.3 is 36.0 Å². The lowest BCUT2D eigenvalue weighted by Crippen LogP contribution is -2.48. The molecule has 34 heavy (non-hydrogen) atoms. The molecule has 4 rings (SSSR count). The molecule has 12 nitrogen and oxygen atoms in total. The van der Waals surface area contributed by atoms with Crippen molar-refractivity contribution in [3.8, 4) is 11.3 Å². The maximum absolute atomic E-state index is 12.5. The Hall–Kier alpha value is -3.39. The van der Waals surface area contributed by atoms with Crippen LogP contribution in [0.4, 0.5) is 31.3 Å². The molecule has 14 heteroatoms. The number of aliphatic hydroxyl groups excluding tert-OH is 1. The molecule has 0 unspecified atom stereocenters. The van der Waals surface area contributed by atoms with E-state index in [0.29, 0.717) is 62.3 Å². The van der Waals surface area contributed by atoms with Gasteiger partial charge in [0.25, 0.3) is 6.43 Å². The summed E-state index contributed by atoms with van der Waals surface area (Å²) in [7, 11) is 0. The van der Waals surface area contributed by atoms with Crippen LogP contribution in [-0.2, 0) is 4.74 Å². The third-order valence-corrected chi connectivity index (χ3v) is 5.72. The molecule has 0 bridgehead atoms. The molecule has 2 aromatic heterocycles. The Balaban J connectivity index is 1.58. The summed E-state index contributed by atoms with van der Waals surface area (Å²) in [6.07, 6.45) is 0.888. The van der Waals surface area contributed by atoms with Gasteiger partial charge in [-0.2, -0.15) is 4.98 Å². The molecule has 5 N–H and O–H groups in total. The standard InChI is InChI=1S/C20H27F2N9O3/c21-15(22)10-26-19(33)31-2-1-20(11-31,12-32)29-16-7-14(13-8-24-17(23)25-9-13)27-18(28-16)30-3-5-34-6-4-30/h7-9,15,32H,1-6,10-12H2,(H,26,33)(H2,23,24,25)(H,27,28,29)/t20-/m0/s1. The lowest BCUT2D eigenvalue weighted by atomic mass is 10.00. The number of ether oxygens (including phenoxy) is 1. The van der Waals surface area contributed by atoms with E-state index in [2.05, 4.69) is 30.6 Å². The molecule has 2 saturated heterocycles. The van der Waals surface area contributed by atoms with Gasteiger partial charge in [0.1, 0.15) is 5.82 Å². The average molecular weight is 479 g/mol. The molecule has 0 aliphatic carbocycles. The summed E-state index contributed by atoms with van der Waals surface area (Å²) >= 11 is 0. The van der Waals surface area contributed by atoms with E-state index in [-0.39, 0.29) is 19.1 Å². The van der Waals surface area contributed by atoms with Gasteiger partial charge in [0.05, 0.1) is 37.6 Å². The quantitative estimate of drug-likeness (QED) is 0.432. The molecular weight excluding hydrogens is 452 g/mol. The van der Waals surface area contributed by atoms with Crippen LogP contribution in [0.3, 0.4) is 0 Å². The highest BCUT2D eigenvalue weighted by Crippen LogP contribution is 2.29. The van der Waals surface area contributed by atoms with Crippen molar-refractivity contribution in [1.29, 1.82) is 0 Å². The lowest BCUT2D eigenvalue weighted by Gasteiger charge is -2.31. The Bertz CT molecular complexity index is 992. The van der Waals surface area contributed by atoms with Crippen molar-refractivity contribution in [3.05, 3.63) is 18.5 Å². The SMILES string of the molecule is Nc1ncc(-c2cc(N[C@@]3(CO)CCN(C(=O)NCC(F)F)C3)nc(N3CCOCC3)n2)cn1. The van der Waals surface area contributed by atoms with Crippen LogP contribution >= 0.6 is 0 Å². The third kappa shape index (κ3) is 5.56. The Morgan fingerprint density at radius 1 is 1.24 bits per heavy atom. The number of alkyl halides is 2. The zero-order valence-electron chi connectivity index (χ0n) is 18.5. The van der Waals surface area contributed by atoms with E-state index in [1.54, 1.807) is 18.5 Å². The van der Waals surface area contributed by atoms with Crippen molar-refractivity contribution in [1.82, 2.24) is 30.2 Å². The van der Waals surface area contributed by atoms with Crippen LogP contribution in [0.5, 0.6) is 0 Å². The number of morpholine rings is 1. The summed E-state index contributed by atoms with van der Waals surface area (Å²) in [6.45, 7) is 1.72. The second kappa shape index (κ2) is 10.3. The number of carbonyl (C=O) groups excluding carboxylic acids is 1. The molecule has 184 valence electrons. The number of amides is 2. The number of urea groups is 1. The largest absolute Gasteiger partial charge is 0.394 e. The Kier molecular flexibility index (Phi) is 7.17. The van der Waals surface area contributed by atoms with E-state index >= 15 is 0 Å². The molecule has 2 aromatic rings. The molecule has 0 radical (unpaired) electrons. The van der Waals surface area contributed by atoms with Gasteiger partial charge in [-0.3, -0.25) is 0 Å². The van der Waals surface area contributed by atoms with Crippen LogP contribution < -0.4 is 21.3 Å². The molecule has 4 heterocycles. The van der Waals surface area contributed by atoms with Gasteiger partial charge in [-0.25, -0.2) is 28.5 Å². The minimum absolute atomic E-state index is 0.121. The van der Waals surface area contributed by atoms with Crippen molar-refractivity contribution in [2.75, 3.05) is 68.5 Å². The van der Waals surface area contributed by atoms with Crippen LogP contribution in [0.2, 0.25) is 0 Å². The number of aliphatic hydroxyl groups is 1. The minimum atomic E-state index is -2.64. The van der Waals surface area contributed by atoms with Crippen molar-refractivity contribution < 1.29 is 23.4 Å². The summed E-state index contributed by atoms with van der Waals surface area (Å²) in [6, 6.07) is 1.10. The highest BCUT2D eigenvalue weighted by Gasteiger charge is 2.40. The maximum Gasteiger partial charge on any atom is 0.317 e. The molecule has 2 aliphatic heterocycles. The molecular formula is C20H27F2N9O3. The normalized spacial score (nSPS) is 20.6. The van der Waals surface area contributed by atoms with Crippen LogP contribution in [0.25, 0.3) is 11.3 Å². The number of halogens is 2. The first kappa shape index (κ1) is 23.8. The summed E-state index contributed by atoms with van der Waals surface area (Å²) < 4.78 is 30.3. The number of hydrogen-bond acceptors (Lipinski definition) is 10. The Morgan fingerprint density at radius 3 is 2.65 bits per heavy atom. The number of nitrogens with two attached hydrogens (primary N) is 1. The Labute approximate surface area is 194 Å². The fourth-order valence-corrected chi connectivity index (χ4v) is 3.89. The fourth-order valence-electron chi connectivity index (χ4n) is 3.89. The van der Waals surface area contributed by atoms with Gasteiger partial charge in [-0.05, 0) is 6.42 Å². The van der Waals surface area contributed by atoms with E-state index in [1.165, 1.54) is 4.90 Å². The lowest BCUT2D eigenvalue weighted by molar-refractivity contribution is 0.122. The number of nitrogens with one attached hydrogen (secondary N) is 2. The molecule has 0 aromatic carbocycles. The summed E-state index contributed by atoms with van der Waals surface area (Å²) in [5.41, 5.74) is 5.89. The van der Waals surface area contributed by atoms with Crippen LogP contribution in [0, 0.1) is 0 Å². The first-order valence-electron chi connectivity index (χ1n) is 10.9. The number of hydrogen-bond donors (Lipinski definition) is 4. The molecule has 0 saturated carbocycles. The van der Waals surface area contributed by atoms with Gasteiger partial charge in [-0.1, -0.05) is 0 Å². The van der Waals surface area contributed by atoms with Crippen LogP contribution in [-0.4, -0.2) is 100 Å². The predicted molar refractivity (Wildman–Crippen MR) is 120 cm³/mol. The van der Waals surface area contributed by atoms with Crippen molar-refractivity contribution in [3.63, 3.8) is 0 Å². The zero-order valence-corrected chi connectivity index (χ0v) is 18.5. The van der Waals surface area contributed by atoms with Gasteiger partial charge >= 0.3 is 6.03 Å². The average Bonchev–Trinajstić information content (AvgIpc) is 3.28. The van der Waals surface area contributed by atoms with E-state index in [1.807, 2.05) is 4.90 Å². The molecule has 2 aliphatic rings. The third-order valence-electron chi connectivity index (χ3n) is 5.72. The Morgan fingerprint density at radius 2 is 1.97 bits per heavy atom. The summed E-state index contributed by atoms with van der Waals surface area (Å²) in [5.74, 6) is 1.05. The minimum Gasteiger partial charge on any atom is -0.394 e. The number of nitrogen functional groups attached to an aromatic ring is 1. The van der Waals surface area contributed by atoms with Gasteiger partial charge in [-0.15, -0.1) is 0 Å². The van der Waals surface area contributed by atoms with Gasteiger partial charge in [0, 0.05) is 50.2 Å². The van der Waals surface area contributed by atoms with E-state index in [0.717, 1.165) is 0 Å². The van der Waals surface area contributed by atoms with E-state index in [4.69, 9.17) is 10.5 Å². The number of rotatable bonds is 7. The van der Waals surface area contributed by atoms with Crippen molar-refractivity contribution in [2.45, 2.75) is 18.4 Å². The second-order valence-corrected chi connectivity index (χ2v) is 8.18. The number of aromatic nitrogens is 4. The summed E-state index contributed by atoms with van der Waals surface area (Å²) in [5, 5.41) is 15.6. The predicted octanol–water partition coefficient (Wildman–Crippen LogP) is 0.176. The molecule has 2 fully saturated rings. The van der Waals surface area contributed by atoms with Crippen molar-refractivity contribution in [2.24, 2.45) is 0 Å². The maximum atomic E-state index is 12.5. The number of carbonyl (C=O) groups is 1. The van der Waals surface area contributed by atoms with Crippen molar-refractivity contribution >= 4 is 23.7 Å². The van der Waals surface area contributed by atoms with Crippen LogP contribution in [0.1, 0.15) is 6.42 Å². The van der Waals surface area contributed by atoms with Crippen LogP contribution in [0.15, 0.2) is 18.5 Å². The second-order valence-electron chi connectivity index (χ2n) is 8.18. The highest BCUT2D eigenvalue weighted by atomic mass is 19.3.